The quantitative estimate of drug-likeness (QED) is 0.612. The molecule has 0 atom stereocenters. The summed E-state index contributed by atoms with van der Waals surface area (Å²) >= 11 is 0. The average molecular weight is 431 g/mol. The molecule has 1 aromatic rings. The summed E-state index contributed by atoms with van der Waals surface area (Å²) < 4.78 is 15.4. The second kappa shape index (κ2) is 8.77. The molecular formula is C23H30N2O6. The van der Waals surface area contributed by atoms with Gasteiger partial charge in [0.05, 0.1) is 14.2 Å². The predicted octanol–water partition coefficient (Wildman–Crippen LogP) is 2.06. The first-order chi connectivity index (χ1) is 14.9. The zero-order chi connectivity index (χ0) is 22.0. The minimum atomic E-state index is -0.658. The van der Waals surface area contributed by atoms with Crippen molar-refractivity contribution in [3.05, 3.63) is 23.8 Å². The molecule has 4 aliphatic rings. The Labute approximate surface area is 182 Å². The lowest BCUT2D eigenvalue weighted by Crippen LogP contribution is -2.60. The van der Waals surface area contributed by atoms with Gasteiger partial charge in [-0.1, -0.05) is 0 Å². The van der Waals surface area contributed by atoms with Crippen molar-refractivity contribution in [1.82, 2.24) is 10.6 Å². The van der Waals surface area contributed by atoms with E-state index in [1.54, 1.807) is 12.1 Å². The third kappa shape index (κ3) is 4.78. The van der Waals surface area contributed by atoms with Crippen LogP contribution in [0.1, 0.15) is 48.9 Å². The van der Waals surface area contributed by atoms with Crippen LogP contribution in [-0.4, -0.2) is 50.7 Å². The van der Waals surface area contributed by atoms with Gasteiger partial charge in [-0.15, -0.1) is 0 Å². The van der Waals surface area contributed by atoms with E-state index in [0.29, 0.717) is 17.1 Å². The van der Waals surface area contributed by atoms with Gasteiger partial charge >= 0.3 is 5.97 Å². The molecule has 5 rings (SSSR count). The van der Waals surface area contributed by atoms with Crippen LogP contribution in [-0.2, 0) is 14.3 Å². The Morgan fingerprint density at radius 3 is 2.16 bits per heavy atom. The number of hydrogen-bond donors (Lipinski definition) is 2. The molecule has 0 radical (unpaired) electrons. The maximum Gasteiger partial charge on any atom is 0.325 e. The normalized spacial score (nSPS) is 28.0. The lowest BCUT2D eigenvalue weighted by molar-refractivity contribution is -0.149. The van der Waals surface area contributed by atoms with E-state index in [2.05, 4.69) is 10.6 Å². The minimum absolute atomic E-state index is 0.111. The van der Waals surface area contributed by atoms with Gasteiger partial charge in [-0.05, 0) is 74.5 Å². The van der Waals surface area contributed by atoms with Gasteiger partial charge in [0.15, 0.2) is 18.1 Å². The van der Waals surface area contributed by atoms with Crippen LogP contribution in [0.25, 0.3) is 0 Å². The molecule has 0 aliphatic heterocycles. The zero-order valence-corrected chi connectivity index (χ0v) is 18.1. The number of methoxy groups -OCH3 is 2. The highest BCUT2D eigenvalue weighted by Crippen LogP contribution is 2.55. The number of amides is 2. The zero-order valence-electron chi connectivity index (χ0n) is 18.1. The maximum absolute atomic E-state index is 12.4. The third-order valence-corrected chi connectivity index (χ3v) is 6.85. The van der Waals surface area contributed by atoms with Gasteiger partial charge in [0.25, 0.3) is 11.8 Å². The number of carbonyl (C=O) groups excluding carboxylic acids is 3. The summed E-state index contributed by atoms with van der Waals surface area (Å²) in [5.41, 5.74) is 0.213. The number of carbonyl (C=O) groups is 3. The summed E-state index contributed by atoms with van der Waals surface area (Å²) in [7, 11) is 2.98. The molecule has 8 nitrogen and oxygen atoms in total. The number of benzene rings is 1. The molecule has 4 bridgehead atoms. The van der Waals surface area contributed by atoms with Crippen molar-refractivity contribution in [3.63, 3.8) is 0 Å². The molecule has 1 aromatic carbocycles. The molecule has 0 spiro atoms. The smallest absolute Gasteiger partial charge is 0.325 e. The summed E-state index contributed by atoms with van der Waals surface area (Å²) in [6.45, 7) is -0.648. The standard InChI is InChI=1S/C23H30N2O6/c1-29-18-4-3-17(8-19(18)30-2)22(28)24-12-21(27)31-13-20(26)25-23-9-14-5-15(10-23)7-16(6-14)11-23/h3-4,8,14-16H,5-7,9-13H2,1-2H3,(H,24,28)(H,25,26). The highest BCUT2D eigenvalue weighted by atomic mass is 16.5. The van der Waals surface area contributed by atoms with Crippen molar-refractivity contribution >= 4 is 17.8 Å². The van der Waals surface area contributed by atoms with Crippen molar-refractivity contribution in [2.75, 3.05) is 27.4 Å². The van der Waals surface area contributed by atoms with Crippen LogP contribution in [0, 0.1) is 17.8 Å². The molecule has 0 saturated heterocycles. The molecule has 2 N–H and O–H groups in total. The van der Waals surface area contributed by atoms with E-state index in [0.717, 1.165) is 37.0 Å². The van der Waals surface area contributed by atoms with E-state index in [-0.39, 0.29) is 24.6 Å². The number of esters is 1. The lowest BCUT2D eigenvalue weighted by Gasteiger charge is -2.56. The number of hydrogen-bond acceptors (Lipinski definition) is 6. The van der Waals surface area contributed by atoms with Crippen LogP contribution in [0.3, 0.4) is 0 Å². The van der Waals surface area contributed by atoms with E-state index < -0.39 is 11.9 Å². The topological polar surface area (TPSA) is 103 Å². The summed E-state index contributed by atoms with van der Waals surface area (Å²) in [5.74, 6) is 1.72. The van der Waals surface area contributed by atoms with Gasteiger partial charge in [-0.2, -0.15) is 0 Å². The van der Waals surface area contributed by atoms with Gasteiger partial charge in [0.2, 0.25) is 0 Å². The highest BCUT2D eigenvalue weighted by Gasteiger charge is 2.51. The monoisotopic (exact) mass is 430 g/mol. The molecule has 31 heavy (non-hydrogen) atoms. The number of rotatable bonds is 8. The van der Waals surface area contributed by atoms with Gasteiger partial charge in [-0.25, -0.2) is 0 Å². The SMILES string of the molecule is COc1ccc(C(=O)NCC(=O)OCC(=O)NC23CC4CC(CC(C4)C2)C3)cc1OC. The molecule has 8 heteroatoms. The van der Waals surface area contributed by atoms with Crippen molar-refractivity contribution < 1.29 is 28.6 Å². The Bertz CT molecular complexity index is 832. The molecule has 4 aliphatic carbocycles. The minimum Gasteiger partial charge on any atom is -0.493 e. The van der Waals surface area contributed by atoms with Gasteiger partial charge < -0.3 is 24.8 Å². The van der Waals surface area contributed by atoms with E-state index in [4.69, 9.17) is 14.2 Å². The lowest BCUT2D eigenvalue weighted by atomic mass is 9.53. The summed E-state index contributed by atoms with van der Waals surface area (Å²) in [4.78, 5) is 36.7. The molecule has 0 aromatic heterocycles. The molecule has 0 heterocycles. The largest absolute Gasteiger partial charge is 0.493 e. The Morgan fingerprint density at radius 1 is 0.968 bits per heavy atom. The maximum atomic E-state index is 12.4. The molecule has 168 valence electrons. The van der Waals surface area contributed by atoms with E-state index in [1.165, 1.54) is 39.5 Å². The van der Waals surface area contributed by atoms with Crippen LogP contribution in [0.15, 0.2) is 18.2 Å². The summed E-state index contributed by atoms with van der Waals surface area (Å²) in [5, 5.41) is 5.66. The van der Waals surface area contributed by atoms with Crippen LogP contribution in [0.5, 0.6) is 11.5 Å². The third-order valence-electron chi connectivity index (χ3n) is 6.85. The van der Waals surface area contributed by atoms with Crippen molar-refractivity contribution in [2.45, 2.75) is 44.1 Å². The predicted molar refractivity (Wildman–Crippen MR) is 112 cm³/mol. The fraction of sp³-hybridized carbons (Fsp3) is 0.609. The second-order valence-electron chi connectivity index (χ2n) is 9.16. The molecular weight excluding hydrogens is 400 g/mol. The Morgan fingerprint density at radius 2 is 1.58 bits per heavy atom. The number of nitrogens with one attached hydrogen (secondary N) is 2. The molecule has 0 unspecified atom stereocenters. The number of ether oxygens (including phenoxy) is 3. The molecule has 2 amide bonds. The summed E-state index contributed by atoms with van der Waals surface area (Å²) in [6.07, 6.45) is 7.01. The van der Waals surface area contributed by atoms with Crippen molar-refractivity contribution in [2.24, 2.45) is 17.8 Å². The van der Waals surface area contributed by atoms with Crippen LogP contribution in [0.4, 0.5) is 0 Å². The first-order valence-corrected chi connectivity index (χ1v) is 10.9. The van der Waals surface area contributed by atoms with Gasteiger partial charge in [-0.3, -0.25) is 14.4 Å². The van der Waals surface area contributed by atoms with Gasteiger partial charge in [0.1, 0.15) is 6.54 Å². The van der Waals surface area contributed by atoms with Crippen LogP contribution in [0.2, 0.25) is 0 Å². The van der Waals surface area contributed by atoms with E-state index >= 15 is 0 Å². The molecule has 4 saturated carbocycles. The van der Waals surface area contributed by atoms with Crippen LogP contribution < -0.4 is 20.1 Å². The van der Waals surface area contributed by atoms with E-state index in [1.807, 2.05) is 0 Å². The fourth-order valence-corrected chi connectivity index (χ4v) is 6.02. The highest BCUT2D eigenvalue weighted by molar-refractivity contribution is 5.96. The first-order valence-electron chi connectivity index (χ1n) is 10.9. The Balaban J connectivity index is 1.21. The van der Waals surface area contributed by atoms with Crippen molar-refractivity contribution in [1.29, 1.82) is 0 Å². The first kappa shape index (κ1) is 21.5. The van der Waals surface area contributed by atoms with E-state index in [9.17, 15) is 14.4 Å². The fourth-order valence-electron chi connectivity index (χ4n) is 6.02. The summed E-state index contributed by atoms with van der Waals surface area (Å²) in [6, 6.07) is 4.71. The van der Waals surface area contributed by atoms with Crippen molar-refractivity contribution in [3.8, 4) is 11.5 Å². The van der Waals surface area contributed by atoms with Crippen LogP contribution >= 0.6 is 0 Å². The van der Waals surface area contributed by atoms with Gasteiger partial charge in [0, 0.05) is 11.1 Å². The molecule has 4 fully saturated rings. The second-order valence-corrected chi connectivity index (χ2v) is 9.16. The Kier molecular flexibility index (Phi) is 6.07. The Hall–Kier alpha value is -2.77. The average Bonchev–Trinajstić information content (AvgIpc) is 2.74.